The topological polar surface area (TPSA) is 38.1 Å². The van der Waals surface area contributed by atoms with E-state index in [0.717, 1.165) is 22.9 Å². The predicted molar refractivity (Wildman–Crippen MR) is 74.9 cm³/mol. The fraction of sp³-hybridized carbons (Fsp3) is 0.500. The van der Waals surface area contributed by atoms with Gasteiger partial charge in [0, 0.05) is 11.1 Å². The lowest BCUT2D eigenvalue weighted by Gasteiger charge is -2.16. The van der Waals surface area contributed by atoms with E-state index in [4.69, 9.17) is 4.42 Å². The van der Waals surface area contributed by atoms with Crippen molar-refractivity contribution in [3.05, 3.63) is 39.7 Å². The summed E-state index contributed by atoms with van der Waals surface area (Å²) in [5, 5.41) is 4.66. The van der Waals surface area contributed by atoms with Gasteiger partial charge < -0.3 is 4.42 Å². The molecule has 0 saturated heterocycles. The van der Waals surface area contributed by atoms with Gasteiger partial charge >= 0.3 is 0 Å². The summed E-state index contributed by atoms with van der Waals surface area (Å²) in [5.41, 5.74) is 0. The maximum Gasteiger partial charge on any atom is 0.120 e. The first kappa shape index (κ1) is 13.3. The van der Waals surface area contributed by atoms with Crippen molar-refractivity contribution in [2.75, 3.05) is 0 Å². The van der Waals surface area contributed by atoms with E-state index < -0.39 is 0 Å². The first-order valence-electron chi connectivity index (χ1n) is 6.37. The van der Waals surface area contributed by atoms with Crippen molar-refractivity contribution in [2.24, 2.45) is 0 Å². The SMILES string of the molecule is CCc1cnc([C@H](C)N[C@H](C)c2ccc(C)o2)s1. The van der Waals surface area contributed by atoms with E-state index in [1.54, 1.807) is 11.3 Å². The molecule has 0 saturated carbocycles. The van der Waals surface area contributed by atoms with Gasteiger partial charge in [0.05, 0.1) is 12.1 Å². The molecule has 0 amide bonds. The highest BCUT2D eigenvalue weighted by atomic mass is 32.1. The summed E-state index contributed by atoms with van der Waals surface area (Å²) in [6.45, 7) is 8.38. The fourth-order valence-electron chi connectivity index (χ4n) is 1.90. The van der Waals surface area contributed by atoms with Gasteiger partial charge in [-0.25, -0.2) is 4.98 Å². The molecule has 0 bridgehead atoms. The van der Waals surface area contributed by atoms with E-state index in [1.807, 2.05) is 25.3 Å². The van der Waals surface area contributed by atoms with Crippen LogP contribution in [0.3, 0.4) is 0 Å². The number of nitrogens with zero attached hydrogens (tertiary/aromatic N) is 1. The number of hydrogen-bond acceptors (Lipinski definition) is 4. The number of aromatic nitrogens is 1. The highest BCUT2D eigenvalue weighted by molar-refractivity contribution is 7.11. The van der Waals surface area contributed by atoms with Crippen LogP contribution < -0.4 is 5.32 Å². The van der Waals surface area contributed by atoms with Crippen LogP contribution in [0.15, 0.2) is 22.7 Å². The second-order valence-corrected chi connectivity index (χ2v) is 5.72. The highest BCUT2D eigenvalue weighted by Gasteiger charge is 2.16. The zero-order valence-electron chi connectivity index (χ0n) is 11.4. The van der Waals surface area contributed by atoms with Crippen LogP contribution in [0.25, 0.3) is 0 Å². The molecule has 0 fully saturated rings. The lowest BCUT2D eigenvalue weighted by Crippen LogP contribution is -2.21. The van der Waals surface area contributed by atoms with Gasteiger partial charge in [-0.3, -0.25) is 5.32 Å². The molecule has 0 aliphatic carbocycles. The summed E-state index contributed by atoms with van der Waals surface area (Å²) >= 11 is 1.78. The molecule has 2 atom stereocenters. The molecule has 2 aromatic heterocycles. The summed E-state index contributed by atoms with van der Waals surface area (Å²) in [4.78, 5) is 5.80. The molecule has 98 valence electrons. The van der Waals surface area contributed by atoms with Crippen molar-refractivity contribution in [3.63, 3.8) is 0 Å². The molecular weight excluding hydrogens is 244 g/mol. The van der Waals surface area contributed by atoms with Crippen LogP contribution >= 0.6 is 11.3 Å². The van der Waals surface area contributed by atoms with Gasteiger partial charge in [0.1, 0.15) is 16.5 Å². The minimum atomic E-state index is 0.197. The number of thiazole rings is 1. The van der Waals surface area contributed by atoms with Gasteiger partial charge in [0.15, 0.2) is 0 Å². The molecule has 18 heavy (non-hydrogen) atoms. The second kappa shape index (κ2) is 5.67. The molecule has 4 heteroatoms. The molecule has 1 N–H and O–H groups in total. The molecule has 0 aliphatic heterocycles. The van der Waals surface area contributed by atoms with Gasteiger partial charge in [-0.2, -0.15) is 0 Å². The van der Waals surface area contributed by atoms with Crippen LogP contribution in [-0.4, -0.2) is 4.98 Å². The standard InChI is InChI=1S/C14H20N2OS/c1-5-12-8-15-14(18-12)11(4)16-10(3)13-7-6-9(2)17-13/h6-8,10-11,16H,5H2,1-4H3/t10-,11+/m1/s1. The average molecular weight is 264 g/mol. The smallest absolute Gasteiger partial charge is 0.120 e. The van der Waals surface area contributed by atoms with Crippen LogP contribution in [0.4, 0.5) is 0 Å². The third-order valence-electron chi connectivity index (χ3n) is 2.98. The Bertz CT molecular complexity index is 503. The number of nitrogens with one attached hydrogen (secondary N) is 1. The van der Waals surface area contributed by atoms with Crippen LogP contribution in [0.1, 0.15) is 54.3 Å². The van der Waals surface area contributed by atoms with Crippen LogP contribution in [-0.2, 0) is 6.42 Å². The number of hydrogen-bond donors (Lipinski definition) is 1. The van der Waals surface area contributed by atoms with E-state index in [0.29, 0.717) is 0 Å². The summed E-state index contributed by atoms with van der Waals surface area (Å²) in [5.74, 6) is 1.93. The molecule has 0 radical (unpaired) electrons. The molecule has 0 aromatic carbocycles. The number of aryl methyl sites for hydroxylation is 2. The Balaban J connectivity index is 2.00. The van der Waals surface area contributed by atoms with Crippen LogP contribution in [0.2, 0.25) is 0 Å². The van der Waals surface area contributed by atoms with Crippen molar-refractivity contribution in [2.45, 2.75) is 46.2 Å². The fourth-order valence-corrected chi connectivity index (χ4v) is 2.77. The van der Waals surface area contributed by atoms with Gasteiger partial charge in [-0.15, -0.1) is 11.3 Å². The highest BCUT2D eigenvalue weighted by Crippen LogP contribution is 2.24. The zero-order chi connectivity index (χ0) is 13.1. The van der Waals surface area contributed by atoms with Crippen molar-refractivity contribution in [3.8, 4) is 0 Å². The average Bonchev–Trinajstić information content (AvgIpc) is 2.97. The summed E-state index contributed by atoms with van der Waals surface area (Å²) < 4.78 is 5.63. The Morgan fingerprint density at radius 1 is 1.33 bits per heavy atom. The normalized spacial score (nSPS) is 14.7. The molecule has 2 rings (SSSR count). The molecule has 2 heterocycles. The van der Waals surface area contributed by atoms with E-state index >= 15 is 0 Å². The molecule has 2 aromatic rings. The van der Waals surface area contributed by atoms with Crippen molar-refractivity contribution < 1.29 is 4.42 Å². The Labute approximate surface area is 112 Å². The van der Waals surface area contributed by atoms with Crippen LogP contribution in [0.5, 0.6) is 0 Å². The van der Waals surface area contributed by atoms with Crippen molar-refractivity contribution >= 4 is 11.3 Å². The van der Waals surface area contributed by atoms with Gasteiger partial charge in [-0.05, 0) is 39.3 Å². The quantitative estimate of drug-likeness (QED) is 0.886. The Kier molecular flexibility index (Phi) is 4.19. The van der Waals surface area contributed by atoms with Gasteiger partial charge in [0.2, 0.25) is 0 Å². The maximum atomic E-state index is 5.63. The minimum absolute atomic E-state index is 0.197. The predicted octanol–water partition coefficient (Wildman–Crippen LogP) is 4.02. The Morgan fingerprint density at radius 2 is 2.11 bits per heavy atom. The maximum absolute atomic E-state index is 5.63. The molecule has 3 nitrogen and oxygen atoms in total. The zero-order valence-corrected chi connectivity index (χ0v) is 12.2. The first-order chi connectivity index (χ1) is 8.60. The molecule has 0 spiro atoms. The lowest BCUT2D eigenvalue weighted by atomic mass is 10.2. The first-order valence-corrected chi connectivity index (χ1v) is 7.18. The summed E-state index contributed by atoms with van der Waals surface area (Å²) in [6.07, 6.45) is 3.03. The third-order valence-corrected chi connectivity index (χ3v) is 4.30. The van der Waals surface area contributed by atoms with E-state index in [1.165, 1.54) is 4.88 Å². The Morgan fingerprint density at radius 3 is 2.67 bits per heavy atom. The Hall–Kier alpha value is -1.13. The van der Waals surface area contributed by atoms with Crippen LogP contribution in [0, 0.1) is 6.92 Å². The minimum Gasteiger partial charge on any atom is -0.465 e. The van der Waals surface area contributed by atoms with Crippen molar-refractivity contribution in [1.29, 1.82) is 0 Å². The second-order valence-electron chi connectivity index (χ2n) is 4.58. The van der Waals surface area contributed by atoms with Gasteiger partial charge in [0.25, 0.3) is 0 Å². The largest absolute Gasteiger partial charge is 0.465 e. The molecule has 0 aliphatic rings. The van der Waals surface area contributed by atoms with E-state index in [2.05, 4.69) is 31.1 Å². The lowest BCUT2D eigenvalue weighted by molar-refractivity contribution is 0.392. The number of furan rings is 1. The number of rotatable bonds is 5. The molecule has 0 unspecified atom stereocenters. The molecular formula is C14H20N2OS. The third kappa shape index (κ3) is 3.00. The monoisotopic (exact) mass is 264 g/mol. The summed E-state index contributed by atoms with van der Waals surface area (Å²) in [7, 11) is 0. The van der Waals surface area contributed by atoms with E-state index in [-0.39, 0.29) is 12.1 Å². The van der Waals surface area contributed by atoms with E-state index in [9.17, 15) is 0 Å². The van der Waals surface area contributed by atoms with Crippen molar-refractivity contribution in [1.82, 2.24) is 10.3 Å². The summed E-state index contributed by atoms with van der Waals surface area (Å²) in [6, 6.07) is 4.47. The van der Waals surface area contributed by atoms with Gasteiger partial charge in [-0.1, -0.05) is 6.92 Å².